The molecule has 0 radical (unpaired) electrons. The van der Waals surface area contributed by atoms with E-state index in [2.05, 4.69) is 33.9 Å². The van der Waals surface area contributed by atoms with Gasteiger partial charge in [0.15, 0.2) is 0 Å². The zero-order valence-corrected chi connectivity index (χ0v) is 14.9. The summed E-state index contributed by atoms with van der Waals surface area (Å²) >= 11 is 0. The van der Waals surface area contributed by atoms with Gasteiger partial charge in [-0.25, -0.2) is 14.4 Å². The van der Waals surface area contributed by atoms with Crippen molar-refractivity contribution in [1.29, 1.82) is 0 Å². The van der Waals surface area contributed by atoms with Crippen LogP contribution in [0.25, 0.3) is 22.3 Å². The fraction of sp³-hybridized carbons (Fsp3) is 0.273. The van der Waals surface area contributed by atoms with Gasteiger partial charge >= 0.3 is 0 Å². The van der Waals surface area contributed by atoms with Crippen LogP contribution in [0.2, 0.25) is 0 Å². The smallest absolute Gasteiger partial charge is 0.131 e. The molecule has 1 aromatic heterocycles. The maximum absolute atomic E-state index is 14.7. The molecule has 1 saturated heterocycles. The van der Waals surface area contributed by atoms with Crippen molar-refractivity contribution in [2.24, 2.45) is 0 Å². The lowest BCUT2D eigenvalue weighted by Crippen LogP contribution is -2.23. The molecule has 0 N–H and O–H groups in total. The minimum Gasteiger partial charge on any atom is -0.297 e. The van der Waals surface area contributed by atoms with Gasteiger partial charge in [-0.05, 0) is 55.6 Å². The van der Waals surface area contributed by atoms with E-state index in [9.17, 15) is 4.39 Å². The molecule has 2 aromatic carbocycles. The van der Waals surface area contributed by atoms with Crippen LogP contribution in [-0.2, 0) is 0 Å². The van der Waals surface area contributed by atoms with Crippen molar-refractivity contribution in [2.75, 3.05) is 13.1 Å². The maximum Gasteiger partial charge on any atom is 0.131 e. The Morgan fingerprint density at radius 2 is 1.54 bits per heavy atom. The summed E-state index contributed by atoms with van der Waals surface area (Å²) in [5.74, 6) is -0.230. The normalized spacial score (nSPS) is 15.9. The van der Waals surface area contributed by atoms with Gasteiger partial charge in [-0.2, -0.15) is 0 Å². The second-order valence-electron chi connectivity index (χ2n) is 6.86. The number of benzene rings is 2. The largest absolute Gasteiger partial charge is 0.297 e. The van der Waals surface area contributed by atoms with Gasteiger partial charge in [-0.3, -0.25) is 4.90 Å². The molecule has 0 amide bonds. The monoisotopic (exact) mass is 347 g/mol. The van der Waals surface area contributed by atoms with Crippen molar-refractivity contribution in [3.63, 3.8) is 0 Å². The molecule has 3 aromatic rings. The molecule has 1 unspecified atom stereocenters. The fourth-order valence-electron chi connectivity index (χ4n) is 3.66. The van der Waals surface area contributed by atoms with E-state index in [1.54, 1.807) is 18.5 Å². The maximum atomic E-state index is 14.7. The summed E-state index contributed by atoms with van der Waals surface area (Å²) in [4.78, 5) is 10.5. The Kier molecular flexibility index (Phi) is 4.76. The Morgan fingerprint density at radius 3 is 2.19 bits per heavy atom. The van der Waals surface area contributed by atoms with Crippen LogP contribution in [0.1, 0.15) is 31.4 Å². The van der Waals surface area contributed by atoms with Gasteiger partial charge < -0.3 is 0 Å². The molecule has 4 rings (SSSR count). The Morgan fingerprint density at radius 1 is 0.885 bits per heavy atom. The molecule has 2 heterocycles. The van der Waals surface area contributed by atoms with Crippen LogP contribution < -0.4 is 0 Å². The Hall–Kier alpha value is -2.59. The van der Waals surface area contributed by atoms with Crippen molar-refractivity contribution < 1.29 is 4.39 Å². The Balaban J connectivity index is 1.57. The molecule has 1 aliphatic rings. The number of halogens is 1. The van der Waals surface area contributed by atoms with Crippen LogP contribution in [0.4, 0.5) is 4.39 Å². The number of likely N-dealkylation sites (tertiary alicyclic amines) is 1. The first-order chi connectivity index (χ1) is 12.7. The van der Waals surface area contributed by atoms with Crippen molar-refractivity contribution in [3.05, 3.63) is 72.6 Å². The third-order valence-corrected chi connectivity index (χ3v) is 5.26. The number of aromatic nitrogens is 2. The molecule has 1 fully saturated rings. The lowest BCUT2D eigenvalue weighted by atomic mass is 9.98. The summed E-state index contributed by atoms with van der Waals surface area (Å²) in [5.41, 5.74) is 4.40. The van der Waals surface area contributed by atoms with E-state index in [1.807, 2.05) is 24.3 Å². The molecule has 0 spiro atoms. The first-order valence-electron chi connectivity index (χ1n) is 9.12. The van der Waals surface area contributed by atoms with Gasteiger partial charge in [0.05, 0.1) is 0 Å². The van der Waals surface area contributed by atoms with E-state index in [4.69, 9.17) is 0 Å². The fourth-order valence-corrected chi connectivity index (χ4v) is 3.66. The Labute approximate surface area is 153 Å². The molecule has 1 aliphatic heterocycles. The van der Waals surface area contributed by atoms with E-state index in [-0.39, 0.29) is 5.82 Å². The predicted molar refractivity (Wildman–Crippen MR) is 102 cm³/mol. The van der Waals surface area contributed by atoms with Crippen molar-refractivity contribution >= 4 is 0 Å². The van der Waals surface area contributed by atoms with Crippen molar-refractivity contribution in [3.8, 4) is 22.3 Å². The first kappa shape index (κ1) is 16.9. The Bertz CT molecular complexity index is 872. The first-order valence-corrected chi connectivity index (χ1v) is 9.12. The average Bonchev–Trinajstić information content (AvgIpc) is 3.23. The van der Waals surface area contributed by atoms with Crippen LogP contribution >= 0.6 is 0 Å². The third kappa shape index (κ3) is 3.37. The molecular formula is C22H22FN3. The van der Waals surface area contributed by atoms with E-state index >= 15 is 0 Å². The highest BCUT2D eigenvalue weighted by Gasteiger charge is 2.19. The zero-order valence-electron chi connectivity index (χ0n) is 14.9. The molecule has 26 heavy (non-hydrogen) atoms. The van der Waals surface area contributed by atoms with E-state index < -0.39 is 0 Å². The average molecular weight is 347 g/mol. The summed E-state index contributed by atoms with van der Waals surface area (Å²) in [6.45, 7) is 4.59. The molecule has 4 heteroatoms. The molecular weight excluding hydrogens is 325 g/mol. The molecule has 132 valence electrons. The third-order valence-electron chi connectivity index (χ3n) is 5.26. The number of nitrogens with zero attached hydrogens (tertiary/aromatic N) is 3. The highest BCUT2D eigenvalue weighted by Crippen LogP contribution is 2.30. The van der Waals surface area contributed by atoms with E-state index in [0.29, 0.717) is 11.6 Å². The predicted octanol–water partition coefficient (Wildman–Crippen LogP) is 5.11. The highest BCUT2D eigenvalue weighted by molar-refractivity contribution is 5.70. The second kappa shape index (κ2) is 7.34. The zero-order chi connectivity index (χ0) is 17.9. The minimum atomic E-state index is -0.230. The molecule has 0 saturated carbocycles. The summed E-state index contributed by atoms with van der Waals surface area (Å²) in [6.07, 6.45) is 7.42. The second-order valence-corrected chi connectivity index (χ2v) is 6.86. The van der Waals surface area contributed by atoms with Gasteiger partial charge in [0.2, 0.25) is 0 Å². The molecule has 3 nitrogen and oxygen atoms in total. The standard InChI is InChI=1S/C22H22FN3/c1-16(26-10-2-3-11-26)17-4-6-18(7-5-17)21-9-8-19(12-22(21)23)20-13-24-15-25-14-20/h4-9,12-16H,2-3,10-11H2,1H3. The van der Waals surface area contributed by atoms with Crippen LogP contribution in [0.3, 0.4) is 0 Å². The van der Waals surface area contributed by atoms with E-state index in [1.165, 1.54) is 37.8 Å². The minimum absolute atomic E-state index is 0.230. The summed E-state index contributed by atoms with van der Waals surface area (Å²) in [6, 6.07) is 14.0. The van der Waals surface area contributed by atoms with Crippen LogP contribution in [0.5, 0.6) is 0 Å². The van der Waals surface area contributed by atoms with Crippen LogP contribution in [0.15, 0.2) is 61.2 Å². The van der Waals surface area contributed by atoms with Gasteiger partial charge in [0, 0.05) is 29.6 Å². The van der Waals surface area contributed by atoms with Crippen molar-refractivity contribution in [1.82, 2.24) is 14.9 Å². The van der Waals surface area contributed by atoms with Gasteiger partial charge in [0.1, 0.15) is 12.1 Å². The quantitative estimate of drug-likeness (QED) is 0.657. The van der Waals surface area contributed by atoms with Gasteiger partial charge in [-0.15, -0.1) is 0 Å². The lowest BCUT2D eigenvalue weighted by molar-refractivity contribution is 0.263. The van der Waals surface area contributed by atoms with Gasteiger partial charge in [-0.1, -0.05) is 36.4 Å². The number of hydrogen-bond donors (Lipinski definition) is 0. The molecule has 1 atom stereocenters. The molecule has 0 bridgehead atoms. The van der Waals surface area contributed by atoms with Crippen molar-refractivity contribution in [2.45, 2.75) is 25.8 Å². The lowest BCUT2D eigenvalue weighted by Gasteiger charge is -2.24. The number of hydrogen-bond acceptors (Lipinski definition) is 3. The summed E-state index contributed by atoms with van der Waals surface area (Å²) in [7, 11) is 0. The van der Waals surface area contributed by atoms with Gasteiger partial charge in [0.25, 0.3) is 0 Å². The number of rotatable bonds is 4. The molecule has 0 aliphatic carbocycles. The summed E-state index contributed by atoms with van der Waals surface area (Å²) in [5, 5.41) is 0. The summed E-state index contributed by atoms with van der Waals surface area (Å²) < 4.78 is 14.7. The van der Waals surface area contributed by atoms with Crippen LogP contribution in [-0.4, -0.2) is 28.0 Å². The topological polar surface area (TPSA) is 29.0 Å². The van der Waals surface area contributed by atoms with Crippen LogP contribution in [0, 0.1) is 5.82 Å². The highest BCUT2D eigenvalue weighted by atomic mass is 19.1. The SMILES string of the molecule is CC(c1ccc(-c2ccc(-c3cncnc3)cc2F)cc1)N1CCCC1. The van der Waals surface area contributed by atoms with E-state index in [0.717, 1.165) is 16.7 Å².